The Morgan fingerprint density at radius 2 is 2.14 bits per heavy atom. The van der Waals surface area contributed by atoms with Gasteiger partial charge in [-0.05, 0) is 44.6 Å². The zero-order valence-corrected chi connectivity index (χ0v) is 16.8. The summed E-state index contributed by atoms with van der Waals surface area (Å²) in [5.74, 6) is 5.60. The molecule has 1 aromatic rings. The number of pyridine rings is 1. The fourth-order valence-corrected chi connectivity index (χ4v) is 4.09. The molecule has 1 heterocycles. The third kappa shape index (κ3) is 5.01. The zero-order valence-electron chi connectivity index (χ0n) is 16.0. The highest BCUT2D eigenvalue weighted by atomic mass is 32.2. The Morgan fingerprint density at radius 1 is 1.43 bits per heavy atom. The minimum atomic E-state index is -3.82. The first-order chi connectivity index (χ1) is 13.1. The van der Waals surface area contributed by atoms with Gasteiger partial charge in [0, 0.05) is 43.2 Å². The van der Waals surface area contributed by atoms with E-state index in [-0.39, 0.29) is 31.0 Å². The summed E-state index contributed by atoms with van der Waals surface area (Å²) in [5, 5.41) is 18.0. The number of rotatable bonds is 6. The number of nitrogens with zero attached hydrogens (tertiary/aromatic N) is 1. The van der Waals surface area contributed by atoms with Crippen molar-refractivity contribution in [2.45, 2.75) is 43.9 Å². The number of sulfone groups is 1. The van der Waals surface area contributed by atoms with E-state index in [1.54, 1.807) is 6.07 Å². The maximum absolute atomic E-state index is 12.3. The van der Waals surface area contributed by atoms with E-state index >= 15 is 0 Å². The van der Waals surface area contributed by atoms with Crippen molar-refractivity contribution in [2.75, 3.05) is 12.9 Å². The normalized spacial score (nSPS) is 21.4. The molecule has 1 amide bonds. The van der Waals surface area contributed by atoms with Gasteiger partial charge in [0.2, 0.25) is 0 Å². The third-order valence-electron chi connectivity index (χ3n) is 5.45. The molecule has 0 radical (unpaired) electrons. The summed E-state index contributed by atoms with van der Waals surface area (Å²) in [6.45, 7) is 1.37. The monoisotopic (exact) mass is 410 g/mol. The number of hydrogen-bond acceptors (Lipinski definition) is 6. The number of aryl methyl sites for hydroxylation is 1. The molecule has 1 saturated carbocycles. The average Bonchev–Trinajstić information content (AvgIpc) is 3.11. The van der Waals surface area contributed by atoms with Gasteiger partial charge in [0.1, 0.15) is 0 Å². The van der Waals surface area contributed by atoms with Gasteiger partial charge in [-0.1, -0.05) is 11.8 Å². The maximum Gasteiger partial charge on any atom is 0.264 e. The molecule has 0 bridgehead atoms. The van der Waals surface area contributed by atoms with Crippen LogP contribution in [0, 0.1) is 23.7 Å². The first-order valence-corrected chi connectivity index (χ1v) is 11.0. The molecule has 3 atom stereocenters. The smallest absolute Gasteiger partial charge is 0.264 e. The van der Waals surface area contributed by atoms with Crippen LogP contribution in [0.25, 0.3) is 0 Å². The summed E-state index contributed by atoms with van der Waals surface area (Å²) in [5.41, 5.74) is 1.59. The van der Waals surface area contributed by atoms with Crippen molar-refractivity contribution in [1.82, 2.24) is 10.0 Å². The van der Waals surface area contributed by atoms with Crippen molar-refractivity contribution in [3.63, 3.8) is 0 Å². The zero-order chi connectivity index (χ0) is 20.9. The van der Waals surface area contributed by atoms with Gasteiger partial charge >= 0.3 is 0 Å². The molecule has 2 rings (SSSR count). The lowest BCUT2D eigenvalue weighted by molar-refractivity contribution is -0.131. The van der Waals surface area contributed by atoms with Crippen molar-refractivity contribution in [3.05, 3.63) is 34.2 Å². The van der Waals surface area contributed by atoms with Gasteiger partial charge < -0.3 is 9.67 Å². The summed E-state index contributed by atoms with van der Waals surface area (Å²) in [6.07, 6.45) is 5.00. The van der Waals surface area contributed by atoms with Crippen molar-refractivity contribution in [2.24, 2.45) is 11.8 Å². The minimum absolute atomic E-state index is 0.00959. The SMILES string of the molecule is CC(CCn1ccc(C#CC2CCC(CO)C2)cc1=O)(C(=O)NO)S(C)(=O)=O. The van der Waals surface area contributed by atoms with E-state index in [1.807, 2.05) is 0 Å². The van der Waals surface area contributed by atoms with Crippen LogP contribution < -0.4 is 11.0 Å². The molecule has 8 nitrogen and oxygen atoms in total. The summed E-state index contributed by atoms with van der Waals surface area (Å²) >= 11 is 0. The van der Waals surface area contributed by atoms with Gasteiger partial charge in [-0.25, -0.2) is 13.9 Å². The van der Waals surface area contributed by atoms with Crippen LogP contribution in [-0.2, 0) is 21.2 Å². The van der Waals surface area contributed by atoms with Gasteiger partial charge in [-0.3, -0.25) is 14.8 Å². The number of aliphatic hydroxyl groups is 1. The second-order valence-electron chi connectivity index (χ2n) is 7.47. The second kappa shape index (κ2) is 8.90. The van der Waals surface area contributed by atoms with Crippen LogP contribution in [0.5, 0.6) is 0 Å². The lowest BCUT2D eigenvalue weighted by Crippen LogP contribution is -2.49. The average molecular weight is 410 g/mol. The molecule has 0 spiro atoms. The van der Waals surface area contributed by atoms with Crippen molar-refractivity contribution in [3.8, 4) is 11.8 Å². The van der Waals surface area contributed by atoms with Gasteiger partial charge in [0.05, 0.1) is 0 Å². The van der Waals surface area contributed by atoms with Crippen LogP contribution in [-0.4, -0.2) is 46.8 Å². The van der Waals surface area contributed by atoms with Gasteiger partial charge in [0.25, 0.3) is 11.5 Å². The van der Waals surface area contributed by atoms with E-state index in [4.69, 9.17) is 5.21 Å². The van der Waals surface area contributed by atoms with E-state index in [1.165, 1.54) is 29.2 Å². The largest absolute Gasteiger partial charge is 0.396 e. The molecular weight excluding hydrogens is 384 g/mol. The number of nitrogens with one attached hydrogen (secondary N) is 1. The molecule has 0 saturated heterocycles. The molecule has 3 N–H and O–H groups in total. The Hall–Kier alpha value is -2.15. The number of carbonyl (C=O) groups is 1. The number of aromatic nitrogens is 1. The third-order valence-corrected chi connectivity index (χ3v) is 7.47. The lowest BCUT2D eigenvalue weighted by Gasteiger charge is -2.25. The summed E-state index contributed by atoms with van der Waals surface area (Å²) < 4.78 is 23.4. The Bertz CT molecular complexity index is 943. The molecule has 1 aliphatic carbocycles. The van der Waals surface area contributed by atoms with Crippen LogP contribution in [0.3, 0.4) is 0 Å². The minimum Gasteiger partial charge on any atom is -0.396 e. The fourth-order valence-electron chi connectivity index (χ4n) is 3.25. The highest BCUT2D eigenvalue weighted by Gasteiger charge is 2.43. The van der Waals surface area contributed by atoms with Gasteiger partial charge in [-0.2, -0.15) is 0 Å². The molecule has 1 aromatic heterocycles. The number of hydroxylamine groups is 1. The Balaban J connectivity index is 2.11. The molecular formula is C19H26N2O6S. The van der Waals surface area contributed by atoms with Gasteiger partial charge in [0.15, 0.2) is 14.6 Å². The Labute approximate surface area is 164 Å². The molecule has 0 aromatic carbocycles. The topological polar surface area (TPSA) is 126 Å². The van der Waals surface area contributed by atoms with E-state index < -0.39 is 20.5 Å². The molecule has 1 fully saturated rings. The lowest BCUT2D eigenvalue weighted by atomic mass is 10.1. The predicted molar refractivity (Wildman–Crippen MR) is 103 cm³/mol. The number of amides is 1. The van der Waals surface area contributed by atoms with Crippen molar-refractivity contribution in [1.29, 1.82) is 0 Å². The predicted octanol–water partition coefficient (Wildman–Crippen LogP) is 0.307. The molecule has 1 aliphatic rings. The van der Waals surface area contributed by atoms with Crippen LogP contribution >= 0.6 is 0 Å². The molecule has 3 unspecified atom stereocenters. The van der Waals surface area contributed by atoms with Crippen molar-refractivity contribution < 1.29 is 23.5 Å². The maximum atomic E-state index is 12.3. The summed E-state index contributed by atoms with van der Waals surface area (Å²) in [7, 11) is -3.82. The Kier molecular flexibility index (Phi) is 7.04. The highest BCUT2D eigenvalue weighted by Crippen LogP contribution is 2.29. The number of carbonyl (C=O) groups excluding carboxylic acids is 1. The van der Waals surface area contributed by atoms with Crippen LogP contribution in [0.15, 0.2) is 23.1 Å². The van der Waals surface area contributed by atoms with Crippen LogP contribution in [0.1, 0.15) is 38.2 Å². The summed E-state index contributed by atoms with van der Waals surface area (Å²) in [4.78, 5) is 24.1. The standard InChI is InChI=1S/C19H26N2O6S/c1-19(18(24)20-25,28(2,26)27)8-10-21-9-7-15(12-17(21)23)4-3-14-5-6-16(11-14)13-22/h7,9,12,14,16,22,25H,5-6,8,10-11,13H2,1-2H3,(H,20,24). The van der Waals surface area contributed by atoms with Crippen LogP contribution in [0.4, 0.5) is 0 Å². The first-order valence-electron chi connectivity index (χ1n) is 9.07. The van der Waals surface area contributed by atoms with Crippen LogP contribution in [0.2, 0.25) is 0 Å². The Morgan fingerprint density at radius 3 is 2.68 bits per heavy atom. The molecule has 28 heavy (non-hydrogen) atoms. The molecule has 0 aliphatic heterocycles. The number of aliphatic hydroxyl groups excluding tert-OH is 1. The second-order valence-corrected chi connectivity index (χ2v) is 9.91. The number of hydrogen-bond donors (Lipinski definition) is 3. The molecule has 154 valence electrons. The van der Waals surface area contributed by atoms with Crippen molar-refractivity contribution >= 4 is 15.7 Å². The van der Waals surface area contributed by atoms with E-state index in [9.17, 15) is 23.1 Å². The van der Waals surface area contributed by atoms with Gasteiger partial charge in [-0.15, -0.1) is 0 Å². The van der Waals surface area contributed by atoms with E-state index in [0.717, 1.165) is 25.5 Å². The fraction of sp³-hybridized carbons (Fsp3) is 0.579. The molecule has 9 heteroatoms. The highest BCUT2D eigenvalue weighted by molar-refractivity contribution is 7.92. The van der Waals surface area contributed by atoms with E-state index in [2.05, 4.69) is 11.8 Å². The summed E-state index contributed by atoms with van der Waals surface area (Å²) in [6, 6.07) is 3.03. The first kappa shape index (κ1) is 22.1. The van der Waals surface area contributed by atoms with E-state index in [0.29, 0.717) is 11.5 Å². The quantitative estimate of drug-likeness (QED) is 0.352.